The second-order valence-corrected chi connectivity index (χ2v) is 4.51. The van der Waals surface area contributed by atoms with Crippen LogP contribution in [0.3, 0.4) is 0 Å². The number of halogens is 2. The van der Waals surface area contributed by atoms with E-state index in [9.17, 15) is 8.78 Å². The van der Waals surface area contributed by atoms with Gasteiger partial charge < -0.3 is 15.2 Å². The van der Waals surface area contributed by atoms with Crippen LogP contribution in [0.4, 0.5) is 14.7 Å². The van der Waals surface area contributed by atoms with Crippen molar-refractivity contribution in [2.45, 2.75) is 13.0 Å². The highest BCUT2D eigenvalue weighted by Gasteiger charge is 2.15. The van der Waals surface area contributed by atoms with E-state index in [1.165, 1.54) is 10.6 Å². The van der Waals surface area contributed by atoms with E-state index in [0.717, 1.165) is 19.0 Å². The summed E-state index contributed by atoms with van der Waals surface area (Å²) in [4.78, 5) is 6.05. The Hall–Kier alpha value is -1.69. The topological polar surface area (TPSA) is 47.1 Å². The van der Waals surface area contributed by atoms with Gasteiger partial charge in [0.15, 0.2) is 11.6 Å². The summed E-state index contributed by atoms with van der Waals surface area (Å²) in [6.45, 7) is 1.36. The van der Waals surface area contributed by atoms with Gasteiger partial charge >= 0.3 is 0 Å². The van der Waals surface area contributed by atoms with Gasteiger partial charge in [-0.3, -0.25) is 0 Å². The van der Waals surface area contributed by atoms with Gasteiger partial charge in [0, 0.05) is 6.54 Å². The van der Waals surface area contributed by atoms with Crippen LogP contribution in [0.2, 0.25) is 0 Å². The molecule has 0 radical (unpaired) electrons. The highest BCUT2D eigenvalue weighted by Crippen LogP contribution is 2.23. The van der Waals surface area contributed by atoms with Crippen LogP contribution in [-0.2, 0) is 6.54 Å². The van der Waals surface area contributed by atoms with Crippen LogP contribution >= 0.6 is 0 Å². The second-order valence-electron chi connectivity index (χ2n) is 4.51. The molecule has 0 aliphatic carbocycles. The van der Waals surface area contributed by atoms with Crippen LogP contribution in [0.1, 0.15) is 6.42 Å². The van der Waals surface area contributed by atoms with E-state index in [1.807, 2.05) is 19.0 Å². The summed E-state index contributed by atoms with van der Waals surface area (Å²) in [5, 5.41) is 0. The summed E-state index contributed by atoms with van der Waals surface area (Å²) in [7, 11) is 3.91. The first-order valence-electron chi connectivity index (χ1n) is 5.75. The molecule has 18 heavy (non-hydrogen) atoms. The van der Waals surface area contributed by atoms with Crippen LogP contribution in [0.5, 0.6) is 0 Å². The summed E-state index contributed by atoms with van der Waals surface area (Å²) in [5.41, 5.74) is 6.27. The van der Waals surface area contributed by atoms with Gasteiger partial charge in [0.25, 0.3) is 0 Å². The zero-order valence-electron chi connectivity index (χ0n) is 10.5. The third kappa shape index (κ3) is 2.28. The van der Waals surface area contributed by atoms with E-state index in [-0.39, 0.29) is 11.5 Å². The van der Waals surface area contributed by atoms with Crippen molar-refractivity contribution in [2.24, 2.45) is 0 Å². The van der Waals surface area contributed by atoms with Gasteiger partial charge in [-0.2, -0.15) is 0 Å². The van der Waals surface area contributed by atoms with E-state index in [1.54, 1.807) is 0 Å². The molecule has 0 fully saturated rings. The molecule has 0 amide bonds. The predicted molar refractivity (Wildman–Crippen MR) is 67.2 cm³/mol. The maximum absolute atomic E-state index is 13.8. The fraction of sp³-hybridized carbons (Fsp3) is 0.417. The lowest BCUT2D eigenvalue weighted by atomic mass is 10.3. The SMILES string of the molecule is CN(C)CCCn1c(N)nc2ccc(F)c(F)c21. The summed E-state index contributed by atoms with van der Waals surface area (Å²) in [6.07, 6.45) is 0.790. The van der Waals surface area contributed by atoms with E-state index in [4.69, 9.17) is 5.73 Å². The lowest BCUT2D eigenvalue weighted by molar-refractivity contribution is 0.387. The molecule has 1 aromatic heterocycles. The quantitative estimate of drug-likeness (QED) is 0.905. The Balaban J connectivity index is 2.36. The molecule has 2 N–H and O–H groups in total. The zero-order chi connectivity index (χ0) is 13.3. The number of aromatic nitrogens is 2. The molecule has 2 aromatic rings. The molecule has 4 nitrogen and oxygen atoms in total. The lowest BCUT2D eigenvalue weighted by Crippen LogP contribution is -2.16. The fourth-order valence-electron chi connectivity index (χ4n) is 1.95. The summed E-state index contributed by atoms with van der Waals surface area (Å²) >= 11 is 0. The number of nitrogen functional groups attached to an aromatic ring is 1. The van der Waals surface area contributed by atoms with E-state index >= 15 is 0 Å². The van der Waals surface area contributed by atoms with Gasteiger partial charge in [-0.1, -0.05) is 0 Å². The molecule has 0 bridgehead atoms. The van der Waals surface area contributed by atoms with Gasteiger partial charge in [-0.15, -0.1) is 0 Å². The number of aryl methyl sites for hydroxylation is 1. The third-order valence-corrected chi connectivity index (χ3v) is 2.82. The average Bonchev–Trinajstić information content (AvgIpc) is 2.61. The van der Waals surface area contributed by atoms with Crippen molar-refractivity contribution in [1.82, 2.24) is 14.5 Å². The highest BCUT2D eigenvalue weighted by atomic mass is 19.2. The Morgan fingerprint density at radius 2 is 2.06 bits per heavy atom. The predicted octanol–water partition coefficient (Wildman–Crippen LogP) is 1.85. The van der Waals surface area contributed by atoms with Crippen molar-refractivity contribution in [1.29, 1.82) is 0 Å². The number of fused-ring (bicyclic) bond motifs is 1. The molecule has 0 spiro atoms. The zero-order valence-corrected chi connectivity index (χ0v) is 10.5. The summed E-state index contributed by atoms with van der Waals surface area (Å²) in [5.74, 6) is -1.55. The van der Waals surface area contributed by atoms with Crippen LogP contribution in [0.25, 0.3) is 11.0 Å². The van der Waals surface area contributed by atoms with E-state index in [2.05, 4.69) is 4.98 Å². The van der Waals surface area contributed by atoms with Crippen LogP contribution in [-0.4, -0.2) is 35.1 Å². The van der Waals surface area contributed by atoms with Crippen molar-refractivity contribution in [3.8, 4) is 0 Å². The number of anilines is 1. The highest BCUT2D eigenvalue weighted by molar-refractivity contribution is 5.79. The molecule has 1 aromatic carbocycles. The third-order valence-electron chi connectivity index (χ3n) is 2.82. The van der Waals surface area contributed by atoms with Gasteiger partial charge in [-0.05, 0) is 39.2 Å². The molecule has 0 saturated carbocycles. The molecule has 6 heteroatoms. The molecule has 0 saturated heterocycles. The number of imidazole rings is 1. The minimum absolute atomic E-state index is 0.145. The average molecular weight is 254 g/mol. The van der Waals surface area contributed by atoms with Crippen molar-refractivity contribution in [3.63, 3.8) is 0 Å². The first-order chi connectivity index (χ1) is 8.50. The van der Waals surface area contributed by atoms with Crippen molar-refractivity contribution in [2.75, 3.05) is 26.4 Å². The number of hydrogen-bond acceptors (Lipinski definition) is 3. The Kier molecular flexibility index (Phi) is 3.47. The molecule has 98 valence electrons. The Morgan fingerprint density at radius 1 is 1.33 bits per heavy atom. The Bertz CT molecular complexity index is 563. The van der Waals surface area contributed by atoms with Gasteiger partial charge in [0.2, 0.25) is 5.95 Å². The van der Waals surface area contributed by atoms with Crippen LogP contribution in [0.15, 0.2) is 12.1 Å². The molecular formula is C12H16F2N4. The molecule has 2 rings (SSSR count). The Labute approximate surface area is 104 Å². The van der Waals surface area contributed by atoms with Crippen LogP contribution in [0, 0.1) is 11.6 Å². The van der Waals surface area contributed by atoms with E-state index < -0.39 is 11.6 Å². The Morgan fingerprint density at radius 3 is 2.72 bits per heavy atom. The normalized spacial score (nSPS) is 11.6. The van der Waals surface area contributed by atoms with Crippen molar-refractivity contribution >= 4 is 17.0 Å². The molecule has 0 unspecified atom stereocenters. The number of rotatable bonds is 4. The van der Waals surface area contributed by atoms with Gasteiger partial charge in [-0.25, -0.2) is 13.8 Å². The molecular weight excluding hydrogens is 238 g/mol. The van der Waals surface area contributed by atoms with Gasteiger partial charge in [0.05, 0.1) is 5.52 Å². The molecule has 0 atom stereocenters. The second kappa shape index (κ2) is 4.89. The number of nitrogens with two attached hydrogens (primary N) is 1. The fourth-order valence-corrected chi connectivity index (χ4v) is 1.95. The summed E-state index contributed by atoms with van der Waals surface area (Å²) in [6, 6.07) is 2.50. The number of hydrogen-bond donors (Lipinski definition) is 1. The van der Waals surface area contributed by atoms with Gasteiger partial charge in [0.1, 0.15) is 5.52 Å². The van der Waals surface area contributed by atoms with Crippen LogP contribution < -0.4 is 5.73 Å². The maximum atomic E-state index is 13.8. The monoisotopic (exact) mass is 254 g/mol. The van der Waals surface area contributed by atoms with Crippen molar-refractivity contribution in [3.05, 3.63) is 23.8 Å². The van der Waals surface area contributed by atoms with Crippen molar-refractivity contribution < 1.29 is 8.78 Å². The standard InChI is InChI=1S/C12H16F2N4/c1-17(2)6-3-7-18-11-9(16-12(18)15)5-4-8(13)10(11)14/h4-5H,3,6-7H2,1-2H3,(H2,15,16). The summed E-state index contributed by atoms with van der Waals surface area (Å²) < 4.78 is 28.5. The molecule has 0 aliphatic rings. The minimum atomic E-state index is -0.887. The number of benzene rings is 1. The smallest absolute Gasteiger partial charge is 0.201 e. The molecule has 0 aliphatic heterocycles. The largest absolute Gasteiger partial charge is 0.369 e. The van der Waals surface area contributed by atoms with E-state index in [0.29, 0.717) is 12.1 Å². The lowest BCUT2D eigenvalue weighted by Gasteiger charge is -2.11. The first kappa shape index (κ1) is 12.8. The maximum Gasteiger partial charge on any atom is 0.201 e. The number of nitrogens with zero attached hydrogens (tertiary/aromatic N) is 3. The minimum Gasteiger partial charge on any atom is -0.369 e. The first-order valence-corrected chi connectivity index (χ1v) is 5.75. The molecule has 1 heterocycles.